The predicted octanol–water partition coefficient (Wildman–Crippen LogP) is 2.96. The van der Waals surface area contributed by atoms with E-state index < -0.39 is 5.97 Å². The van der Waals surface area contributed by atoms with E-state index in [1.165, 1.54) is 0 Å². The largest absolute Gasteiger partial charge is 0.481 e. The normalized spacial score (nSPS) is 11.7. The first-order valence-electron chi connectivity index (χ1n) is 6.54. The highest BCUT2D eigenvalue weighted by molar-refractivity contribution is 6.30. The van der Waals surface area contributed by atoms with Crippen LogP contribution in [0.3, 0.4) is 0 Å². The summed E-state index contributed by atoms with van der Waals surface area (Å²) in [5, 5.41) is 14.6. The summed E-state index contributed by atoms with van der Waals surface area (Å²) >= 11 is 5.83. The second-order valence-corrected chi connectivity index (χ2v) is 4.85. The Morgan fingerprint density at radius 2 is 1.95 bits per heavy atom. The van der Waals surface area contributed by atoms with E-state index >= 15 is 0 Å². The predicted molar refractivity (Wildman–Crippen MR) is 77.9 cm³/mol. The molecular formula is C14H19ClN2O3. The molecule has 1 rings (SSSR count). The molecule has 3 N–H and O–H groups in total. The Balaban J connectivity index is 2.41. The van der Waals surface area contributed by atoms with Crippen LogP contribution in [0.25, 0.3) is 0 Å². The molecule has 0 radical (unpaired) electrons. The summed E-state index contributed by atoms with van der Waals surface area (Å²) in [6.45, 7) is 2.32. The van der Waals surface area contributed by atoms with Gasteiger partial charge < -0.3 is 15.7 Å². The maximum atomic E-state index is 11.7. The molecule has 0 fully saturated rings. The Kier molecular flexibility index (Phi) is 6.87. The van der Waals surface area contributed by atoms with Crippen molar-refractivity contribution in [2.75, 3.05) is 6.54 Å². The first-order valence-corrected chi connectivity index (χ1v) is 6.92. The van der Waals surface area contributed by atoms with Crippen LogP contribution in [0.5, 0.6) is 0 Å². The number of carboxylic acid groups (broad SMARTS) is 1. The van der Waals surface area contributed by atoms with E-state index in [-0.39, 0.29) is 18.5 Å². The molecule has 0 spiro atoms. The number of amides is 2. The minimum atomic E-state index is -0.861. The number of benzene rings is 1. The minimum absolute atomic E-state index is 0.0503. The SMILES string of the molecule is CCC(NC(=O)NCCCC(=O)O)c1ccc(Cl)cc1. The topological polar surface area (TPSA) is 78.4 Å². The monoisotopic (exact) mass is 298 g/mol. The van der Waals surface area contributed by atoms with Crippen LogP contribution < -0.4 is 10.6 Å². The van der Waals surface area contributed by atoms with Crippen molar-refractivity contribution in [3.05, 3.63) is 34.9 Å². The molecule has 0 heterocycles. The molecule has 1 unspecified atom stereocenters. The Labute approximate surface area is 123 Å². The zero-order valence-electron chi connectivity index (χ0n) is 11.4. The third kappa shape index (κ3) is 5.93. The Bertz CT molecular complexity index is 448. The lowest BCUT2D eigenvalue weighted by atomic mass is 10.1. The van der Waals surface area contributed by atoms with Crippen LogP contribution in [0.1, 0.15) is 37.8 Å². The molecular weight excluding hydrogens is 280 g/mol. The minimum Gasteiger partial charge on any atom is -0.481 e. The number of nitrogens with one attached hydrogen (secondary N) is 2. The lowest BCUT2D eigenvalue weighted by molar-refractivity contribution is -0.137. The molecule has 0 aliphatic heterocycles. The molecule has 1 atom stereocenters. The molecule has 110 valence electrons. The van der Waals surface area contributed by atoms with Crippen molar-refractivity contribution < 1.29 is 14.7 Å². The third-order valence-corrected chi connectivity index (χ3v) is 3.09. The van der Waals surface area contributed by atoms with Crippen LogP contribution >= 0.6 is 11.6 Å². The summed E-state index contributed by atoms with van der Waals surface area (Å²) in [5.74, 6) is -0.861. The molecule has 0 saturated heterocycles. The van der Waals surface area contributed by atoms with Crippen LogP contribution in [-0.2, 0) is 4.79 Å². The number of rotatable bonds is 7. The van der Waals surface area contributed by atoms with E-state index in [9.17, 15) is 9.59 Å². The lowest BCUT2D eigenvalue weighted by Crippen LogP contribution is -2.38. The van der Waals surface area contributed by atoms with Gasteiger partial charge in [0.2, 0.25) is 0 Å². The lowest BCUT2D eigenvalue weighted by Gasteiger charge is -2.18. The van der Waals surface area contributed by atoms with Crippen molar-refractivity contribution >= 4 is 23.6 Å². The second-order valence-electron chi connectivity index (χ2n) is 4.41. The standard InChI is InChI=1S/C14H19ClN2O3/c1-2-12(10-5-7-11(15)8-6-10)17-14(20)16-9-3-4-13(18)19/h5-8,12H,2-4,9H2,1H3,(H,18,19)(H2,16,17,20). The molecule has 2 amide bonds. The van der Waals surface area contributed by atoms with E-state index in [4.69, 9.17) is 16.7 Å². The first kappa shape index (κ1) is 16.3. The van der Waals surface area contributed by atoms with Crippen LogP contribution in [0.15, 0.2) is 24.3 Å². The smallest absolute Gasteiger partial charge is 0.315 e. The second kappa shape index (κ2) is 8.43. The van der Waals surface area contributed by atoms with Crippen LogP contribution in [0, 0.1) is 0 Å². The highest BCUT2D eigenvalue weighted by Gasteiger charge is 2.12. The zero-order chi connectivity index (χ0) is 15.0. The molecule has 20 heavy (non-hydrogen) atoms. The van der Waals surface area contributed by atoms with E-state index in [0.717, 1.165) is 12.0 Å². The Morgan fingerprint density at radius 1 is 1.30 bits per heavy atom. The number of halogens is 1. The van der Waals surface area contributed by atoms with E-state index in [2.05, 4.69) is 10.6 Å². The van der Waals surface area contributed by atoms with Gasteiger partial charge in [-0.2, -0.15) is 0 Å². The fraction of sp³-hybridized carbons (Fsp3) is 0.429. The molecule has 0 aliphatic rings. The Hall–Kier alpha value is -1.75. The third-order valence-electron chi connectivity index (χ3n) is 2.84. The maximum absolute atomic E-state index is 11.7. The van der Waals surface area contributed by atoms with Crippen molar-refractivity contribution in [2.24, 2.45) is 0 Å². The van der Waals surface area contributed by atoms with E-state index in [0.29, 0.717) is 18.0 Å². The summed E-state index contributed by atoms with van der Waals surface area (Å²) in [6.07, 6.45) is 1.22. The van der Waals surface area contributed by atoms with Crippen LogP contribution in [-0.4, -0.2) is 23.7 Å². The molecule has 0 bridgehead atoms. The number of carbonyl (C=O) groups is 2. The van der Waals surface area contributed by atoms with Crippen LogP contribution in [0.2, 0.25) is 5.02 Å². The van der Waals surface area contributed by atoms with E-state index in [1.807, 2.05) is 19.1 Å². The van der Waals surface area contributed by atoms with Gasteiger partial charge in [0, 0.05) is 18.0 Å². The number of hydrogen-bond donors (Lipinski definition) is 3. The van der Waals surface area contributed by atoms with Gasteiger partial charge in [0.1, 0.15) is 0 Å². The summed E-state index contributed by atoms with van der Waals surface area (Å²) < 4.78 is 0. The zero-order valence-corrected chi connectivity index (χ0v) is 12.1. The van der Waals surface area contributed by atoms with Crippen molar-refractivity contribution in [2.45, 2.75) is 32.2 Å². The van der Waals surface area contributed by atoms with Crippen molar-refractivity contribution in [3.63, 3.8) is 0 Å². The average molecular weight is 299 g/mol. The van der Waals surface area contributed by atoms with Crippen molar-refractivity contribution in [1.29, 1.82) is 0 Å². The van der Waals surface area contributed by atoms with Gasteiger partial charge in [0.25, 0.3) is 0 Å². The van der Waals surface area contributed by atoms with Gasteiger partial charge >= 0.3 is 12.0 Å². The molecule has 0 aliphatic carbocycles. The van der Waals surface area contributed by atoms with Crippen LogP contribution in [0.4, 0.5) is 4.79 Å². The fourth-order valence-electron chi connectivity index (χ4n) is 1.77. The quantitative estimate of drug-likeness (QED) is 0.677. The molecule has 1 aromatic rings. The summed E-state index contributed by atoms with van der Waals surface area (Å²) in [5.41, 5.74) is 0.984. The van der Waals surface area contributed by atoms with Gasteiger partial charge in [0.15, 0.2) is 0 Å². The van der Waals surface area contributed by atoms with Gasteiger partial charge in [-0.3, -0.25) is 4.79 Å². The number of urea groups is 1. The molecule has 0 saturated carbocycles. The first-order chi connectivity index (χ1) is 9.52. The van der Waals surface area contributed by atoms with Gasteiger partial charge in [-0.25, -0.2) is 4.79 Å². The number of carbonyl (C=O) groups excluding carboxylic acids is 1. The summed E-state index contributed by atoms with van der Waals surface area (Å²) in [7, 11) is 0. The van der Waals surface area contributed by atoms with Gasteiger partial charge in [-0.15, -0.1) is 0 Å². The van der Waals surface area contributed by atoms with E-state index in [1.54, 1.807) is 12.1 Å². The summed E-state index contributed by atoms with van der Waals surface area (Å²) in [6, 6.07) is 6.93. The highest BCUT2D eigenvalue weighted by Crippen LogP contribution is 2.18. The number of aliphatic carboxylic acids is 1. The maximum Gasteiger partial charge on any atom is 0.315 e. The van der Waals surface area contributed by atoms with Crippen molar-refractivity contribution in [3.8, 4) is 0 Å². The molecule has 1 aromatic carbocycles. The molecule has 0 aromatic heterocycles. The molecule has 6 heteroatoms. The fourth-order valence-corrected chi connectivity index (χ4v) is 1.89. The van der Waals surface area contributed by atoms with Gasteiger partial charge in [-0.05, 0) is 30.5 Å². The van der Waals surface area contributed by atoms with Gasteiger partial charge in [-0.1, -0.05) is 30.7 Å². The van der Waals surface area contributed by atoms with Gasteiger partial charge in [0.05, 0.1) is 6.04 Å². The number of carboxylic acids is 1. The Morgan fingerprint density at radius 3 is 2.50 bits per heavy atom. The molecule has 5 nitrogen and oxygen atoms in total. The average Bonchev–Trinajstić information content (AvgIpc) is 2.42. The highest BCUT2D eigenvalue weighted by atomic mass is 35.5. The number of hydrogen-bond acceptors (Lipinski definition) is 2. The van der Waals surface area contributed by atoms with Crippen molar-refractivity contribution in [1.82, 2.24) is 10.6 Å². The summed E-state index contributed by atoms with van der Waals surface area (Å²) in [4.78, 5) is 22.0.